The van der Waals surface area contributed by atoms with E-state index in [2.05, 4.69) is 15.3 Å². The third kappa shape index (κ3) is 2.76. The lowest BCUT2D eigenvalue weighted by Crippen LogP contribution is -2.05. The lowest BCUT2D eigenvalue weighted by molar-refractivity contribution is 0.630. The maximum Gasteiger partial charge on any atom is 0.152 e. The molecule has 0 aliphatic carbocycles. The van der Waals surface area contributed by atoms with Crippen LogP contribution in [0.2, 0.25) is 5.02 Å². The largest absolute Gasteiger partial charge is 0.368 e. The van der Waals surface area contributed by atoms with Crippen LogP contribution in [0.5, 0.6) is 0 Å². The number of nitrogens with zero attached hydrogens (tertiary/aromatic N) is 2. The van der Waals surface area contributed by atoms with E-state index in [1.54, 1.807) is 12.3 Å². The van der Waals surface area contributed by atoms with Crippen molar-refractivity contribution < 1.29 is 4.39 Å². The quantitative estimate of drug-likeness (QED) is 0.915. The fourth-order valence-corrected chi connectivity index (χ4v) is 1.76. The Hall–Kier alpha value is -1.68. The summed E-state index contributed by atoms with van der Waals surface area (Å²) in [4.78, 5) is 8.36. The molecular formula is C13H13ClFN3. The summed E-state index contributed by atoms with van der Waals surface area (Å²) in [6.07, 6.45) is 4.06. The highest BCUT2D eigenvalue weighted by atomic mass is 35.5. The lowest BCUT2D eigenvalue weighted by Gasteiger charge is -2.10. The van der Waals surface area contributed by atoms with Gasteiger partial charge in [0.05, 0.1) is 0 Å². The number of halogens is 2. The van der Waals surface area contributed by atoms with E-state index in [0.29, 0.717) is 22.1 Å². The van der Waals surface area contributed by atoms with E-state index >= 15 is 0 Å². The second-order valence-electron chi connectivity index (χ2n) is 3.80. The van der Waals surface area contributed by atoms with Crippen LogP contribution in [0, 0.1) is 5.82 Å². The zero-order chi connectivity index (χ0) is 13.0. The standard InChI is InChI=1S/C13H13ClFN3/c1-2-5-17-13-12(16-6-7-18-13)10-8-9(14)3-4-11(10)15/h3-4,6-8H,2,5H2,1H3,(H,17,18). The maximum atomic E-state index is 13.8. The molecule has 3 nitrogen and oxygen atoms in total. The monoisotopic (exact) mass is 265 g/mol. The van der Waals surface area contributed by atoms with Crippen LogP contribution in [0.25, 0.3) is 11.3 Å². The lowest BCUT2D eigenvalue weighted by atomic mass is 10.1. The molecule has 0 saturated carbocycles. The fourth-order valence-electron chi connectivity index (χ4n) is 1.59. The zero-order valence-electron chi connectivity index (χ0n) is 9.95. The summed E-state index contributed by atoms with van der Waals surface area (Å²) in [7, 11) is 0. The number of hydrogen-bond acceptors (Lipinski definition) is 3. The Morgan fingerprint density at radius 3 is 2.83 bits per heavy atom. The average molecular weight is 266 g/mol. The molecule has 1 heterocycles. The van der Waals surface area contributed by atoms with Crippen LogP contribution in [-0.4, -0.2) is 16.5 Å². The Balaban J connectivity index is 2.46. The van der Waals surface area contributed by atoms with Crippen molar-refractivity contribution in [3.05, 3.63) is 41.4 Å². The van der Waals surface area contributed by atoms with Gasteiger partial charge in [-0.2, -0.15) is 0 Å². The van der Waals surface area contributed by atoms with E-state index in [4.69, 9.17) is 11.6 Å². The number of rotatable bonds is 4. The summed E-state index contributed by atoms with van der Waals surface area (Å²) in [6, 6.07) is 4.39. The van der Waals surface area contributed by atoms with Gasteiger partial charge >= 0.3 is 0 Å². The van der Waals surface area contributed by atoms with Gasteiger partial charge in [-0.15, -0.1) is 0 Å². The van der Waals surface area contributed by atoms with Crippen LogP contribution in [0.15, 0.2) is 30.6 Å². The van der Waals surface area contributed by atoms with Gasteiger partial charge in [-0.05, 0) is 24.6 Å². The van der Waals surface area contributed by atoms with Crippen LogP contribution < -0.4 is 5.32 Å². The van der Waals surface area contributed by atoms with Gasteiger partial charge in [-0.1, -0.05) is 18.5 Å². The van der Waals surface area contributed by atoms with Gasteiger partial charge in [-0.25, -0.2) is 9.37 Å². The van der Waals surface area contributed by atoms with Crippen molar-refractivity contribution in [1.29, 1.82) is 0 Å². The molecule has 94 valence electrons. The SMILES string of the molecule is CCCNc1nccnc1-c1cc(Cl)ccc1F. The third-order valence-electron chi connectivity index (χ3n) is 2.42. The summed E-state index contributed by atoms with van der Waals surface area (Å²) in [5, 5.41) is 3.60. The van der Waals surface area contributed by atoms with Crippen molar-refractivity contribution in [2.24, 2.45) is 0 Å². The van der Waals surface area contributed by atoms with Crippen LogP contribution in [-0.2, 0) is 0 Å². The van der Waals surface area contributed by atoms with Gasteiger partial charge in [0.15, 0.2) is 5.82 Å². The molecule has 0 aliphatic rings. The Bertz CT molecular complexity index is 546. The van der Waals surface area contributed by atoms with E-state index in [9.17, 15) is 4.39 Å². The van der Waals surface area contributed by atoms with E-state index < -0.39 is 0 Å². The highest BCUT2D eigenvalue weighted by Gasteiger charge is 2.12. The van der Waals surface area contributed by atoms with Crippen molar-refractivity contribution in [1.82, 2.24) is 9.97 Å². The number of aromatic nitrogens is 2. The van der Waals surface area contributed by atoms with Crippen LogP contribution in [0.3, 0.4) is 0 Å². The first-order chi connectivity index (χ1) is 8.72. The smallest absolute Gasteiger partial charge is 0.152 e. The third-order valence-corrected chi connectivity index (χ3v) is 2.66. The Morgan fingerprint density at radius 2 is 2.06 bits per heavy atom. The van der Waals surface area contributed by atoms with Gasteiger partial charge in [0.2, 0.25) is 0 Å². The molecule has 2 aromatic rings. The number of nitrogens with one attached hydrogen (secondary N) is 1. The summed E-state index contributed by atoms with van der Waals surface area (Å²) >= 11 is 5.89. The van der Waals surface area contributed by atoms with Crippen LogP contribution in [0.1, 0.15) is 13.3 Å². The summed E-state index contributed by atoms with van der Waals surface area (Å²) in [5.74, 6) is 0.208. The van der Waals surface area contributed by atoms with E-state index in [1.807, 2.05) is 6.92 Å². The second-order valence-corrected chi connectivity index (χ2v) is 4.24. The van der Waals surface area contributed by atoms with Crippen molar-refractivity contribution in [2.45, 2.75) is 13.3 Å². The first-order valence-electron chi connectivity index (χ1n) is 5.72. The van der Waals surface area contributed by atoms with Gasteiger partial charge in [-0.3, -0.25) is 4.98 Å². The van der Waals surface area contributed by atoms with E-state index in [1.165, 1.54) is 18.3 Å². The van der Waals surface area contributed by atoms with Crippen molar-refractivity contribution in [3.8, 4) is 11.3 Å². The molecule has 1 N–H and O–H groups in total. The average Bonchev–Trinajstić information content (AvgIpc) is 2.39. The van der Waals surface area contributed by atoms with E-state index in [-0.39, 0.29) is 5.82 Å². The van der Waals surface area contributed by atoms with Gasteiger partial charge in [0.1, 0.15) is 11.5 Å². The molecule has 5 heteroatoms. The van der Waals surface area contributed by atoms with Crippen molar-refractivity contribution >= 4 is 17.4 Å². The molecule has 0 bridgehead atoms. The van der Waals surface area contributed by atoms with Gasteiger partial charge in [0, 0.05) is 29.5 Å². The minimum absolute atomic E-state index is 0.356. The van der Waals surface area contributed by atoms with Gasteiger partial charge < -0.3 is 5.32 Å². The Morgan fingerprint density at radius 1 is 1.28 bits per heavy atom. The Kier molecular flexibility index (Phi) is 4.10. The molecule has 1 aromatic heterocycles. The molecule has 0 radical (unpaired) electrons. The molecule has 0 spiro atoms. The number of anilines is 1. The van der Waals surface area contributed by atoms with Crippen LogP contribution >= 0.6 is 11.6 Å². The van der Waals surface area contributed by atoms with E-state index in [0.717, 1.165) is 13.0 Å². The summed E-state index contributed by atoms with van der Waals surface area (Å²) in [6.45, 7) is 2.80. The molecular weight excluding hydrogens is 253 g/mol. The zero-order valence-corrected chi connectivity index (χ0v) is 10.7. The number of hydrogen-bond donors (Lipinski definition) is 1. The first kappa shape index (κ1) is 12.8. The number of benzene rings is 1. The highest BCUT2D eigenvalue weighted by Crippen LogP contribution is 2.28. The predicted octanol–water partition coefficient (Wildman–Crippen LogP) is 3.76. The normalized spacial score (nSPS) is 10.4. The van der Waals surface area contributed by atoms with Crippen molar-refractivity contribution in [3.63, 3.8) is 0 Å². The minimum atomic E-state index is -0.362. The second kappa shape index (κ2) is 5.78. The van der Waals surface area contributed by atoms with Crippen molar-refractivity contribution in [2.75, 3.05) is 11.9 Å². The molecule has 0 saturated heterocycles. The molecule has 18 heavy (non-hydrogen) atoms. The molecule has 0 amide bonds. The van der Waals surface area contributed by atoms with Gasteiger partial charge in [0.25, 0.3) is 0 Å². The molecule has 0 fully saturated rings. The highest BCUT2D eigenvalue weighted by molar-refractivity contribution is 6.30. The molecule has 2 rings (SSSR count). The molecule has 0 aliphatic heterocycles. The summed E-state index contributed by atoms with van der Waals surface area (Å²) in [5.41, 5.74) is 0.833. The molecule has 0 unspecified atom stereocenters. The molecule has 1 aromatic carbocycles. The fraction of sp³-hybridized carbons (Fsp3) is 0.231. The summed E-state index contributed by atoms with van der Waals surface area (Å²) < 4.78 is 13.8. The predicted molar refractivity (Wildman–Crippen MR) is 71.2 cm³/mol. The first-order valence-corrected chi connectivity index (χ1v) is 6.10. The Labute approximate surface area is 110 Å². The topological polar surface area (TPSA) is 37.8 Å². The van der Waals surface area contributed by atoms with Crippen LogP contribution in [0.4, 0.5) is 10.2 Å². The maximum absolute atomic E-state index is 13.8. The minimum Gasteiger partial charge on any atom is -0.368 e. The molecule has 0 atom stereocenters.